The summed E-state index contributed by atoms with van der Waals surface area (Å²) < 4.78 is 12.7. The molecule has 0 aliphatic carbocycles. The molecule has 1 aromatic heterocycles. The van der Waals surface area contributed by atoms with Crippen molar-refractivity contribution in [3.05, 3.63) is 89.6 Å². The third kappa shape index (κ3) is 6.57. The summed E-state index contributed by atoms with van der Waals surface area (Å²) in [7, 11) is 0. The predicted molar refractivity (Wildman–Crippen MR) is 133 cm³/mol. The molecule has 0 bridgehead atoms. The number of aromatic nitrogens is 1. The number of pyridine rings is 1. The van der Waals surface area contributed by atoms with Gasteiger partial charge in [-0.15, -0.1) is 11.8 Å². The van der Waals surface area contributed by atoms with Crippen LogP contribution < -0.4 is 10.6 Å². The first-order chi connectivity index (χ1) is 16.6. The number of hydrogen-bond acceptors (Lipinski definition) is 6. The SMILES string of the molecule is CCNC(=O)Nc1ccc([C@H]2O[C@@H](CSc3ccccn3)C[C@@H](c3ccc(CO)cc3)O2)cc1. The van der Waals surface area contributed by atoms with Crippen LogP contribution in [0, 0.1) is 0 Å². The monoisotopic (exact) mass is 479 g/mol. The lowest BCUT2D eigenvalue weighted by atomic mass is 10.0. The molecule has 3 atom stereocenters. The van der Waals surface area contributed by atoms with Crippen LogP contribution in [0.2, 0.25) is 0 Å². The Morgan fingerprint density at radius 2 is 1.82 bits per heavy atom. The zero-order valence-electron chi connectivity index (χ0n) is 19.0. The van der Waals surface area contributed by atoms with E-state index in [-0.39, 0.29) is 24.8 Å². The number of thioether (sulfide) groups is 1. The lowest BCUT2D eigenvalue weighted by Crippen LogP contribution is -2.31. The molecule has 1 fully saturated rings. The lowest BCUT2D eigenvalue weighted by molar-refractivity contribution is -0.245. The fraction of sp³-hybridized carbons (Fsp3) is 0.308. The number of carbonyl (C=O) groups is 1. The van der Waals surface area contributed by atoms with E-state index in [1.54, 1.807) is 18.0 Å². The minimum absolute atomic E-state index is 0.0115. The number of aliphatic hydroxyl groups is 1. The van der Waals surface area contributed by atoms with Crippen LogP contribution in [0.5, 0.6) is 0 Å². The van der Waals surface area contributed by atoms with Gasteiger partial charge in [-0.2, -0.15) is 0 Å². The van der Waals surface area contributed by atoms with Crippen molar-refractivity contribution < 1.29 is 19.4 Å². The maximum Gasteiger partial charge on any atom is 0.319 e. The third-order valence-electron chi connectivity index (χ3n) is 5.45. The van der Waals surface area contributed by atoms with Gasteiger partial charge < -0.3 is 25.2 Å². The second-order valence-electron chi connectivity index (χ2n) is 7.94. The van der Waals surface area contributed by atoms with E-state index in [0.29, 0.717) is 18.7 Å². The van der Waals surface area contributed by atoms with Crippen molar-refractivity contribution >= 4 is 23.5 Å². The number of aliphatic hydroxyl groups excluding tert-OH is 1. The highest BCUT2D eigenvalue weighted by Crippen LogP contribution is 2.39. The summed E-state index contributed by atoms with van der Waals surface area (Å²) in [6, 6.07) is 21.0. The Kier molecular flexibility index (Phi) is 8.54. The predicted octanol–water partition coefficient (Wildman–Crippen LogP) is 5.05. The highest BCUT2D eigenvalue weighted by atomic mass is 32.2. The normalized spacial score (nSPS) is 20.0. The summed E-state index contributed by atoms with van der Waals surface area (Å²) in [4.78, 5) is 16.2. The van der Waals surface area contributed by atoms with Crippen LogP contribution in [0.1, 0.15) is 42.4 Å². The van der Waals surface area contributed by atoms with Gasteiger partial charge in [0.05, 0.1) is 23.8 Å². The van der Waals surface area contributed by atoms with Crippen LogP contribution in [0.15, 0.2) is 78.0 Å². The first kappa shape index (κ1) is 24.2. The zero-order valence-corrected chi connectivity index (χ0v) is 19.8. The Hall–Kier alpha value is -2.91. The van der Waals surface area contributed by atoms with Crippen LogP contribution in [0.25, 0.3) is 0 Å². The number of benzene rings is 2. The quantitative estimate of drug-likeness (QED) is 0.392. The van der Waals surface area contributed by atoms with Gasteiger partial charge in [0.1, 0.15) is 0 Å². The molecule has 3 N–H and O–H groups in total. The summed E-state index contributed by atoms with van der Waals surface area (Å²) >= 11 is 1.66. The smallest absolute Gasteiger partial charge is 0.319 e. The molecule has 4 rings (SSSR count). The van der Waals surface area contributed by atoms with Gasteiger partial charge in [-0.1, -0.05) is 42.5 Å². The van der Waals surface area contributed by atoms with Crippen molar-refractivity contribution in [3.8, 4) is 0 Å². The Morgan fingerprint density at radius 3 is 2.50 bits per heavy atom. The van der Waals surface area contributed by atoms with Gasteiger partial charge >= 0.3 is 6.03 Å². The van der Waals surface area contributed by atoms with Gasteiger partial charge in [-0.3, -0.25) is 0 Å². The number of carbonyl (C=O) groups excluding carboxylic acids is 1. The van der Waals surface area contributed by atoms with E-state index in [1.165, 1.54) is 0 Å². The molecule has 1 saturated heterocycles. The maximum absolute atomic E-state index is 11.8. The van der Waals surface area contributed by atoms with Gasteiger partial charge in [-0.25, -0.2) is 9.78 Å². The maximum atomic E-state index is 11.8. The zero-order chi connectivity index (χ0) is 23.8. The van der Waals surface area contributed by atoms with Crippen LogP contribution in [0.3, 0.4) is 0 Å². The molecule has 0 saturated carbocycles. The second-order valence-corrected chi connectivity index (χ2v) is 8.98. The number of nitrogens with zero attached hydrogens (tertiary/aromatic N) is 1. The molecule has 0 spiro atoms. The number of rotatable bonds is 8. The topological polar surface area (TPSA) is 92.7 Å². The van der Waals surface area contributed by atoms with E-state index < -0.39 is 6.29 Å². The molecule has 2 aromatic carbocycles. The molecule has 7 nitrogen and oxygen atoms in total. The molecule has 1 aliphatic rings. The van der Waals surface area contributed by atoms with E-state index in [1.807, 2.05) is 73.7 Å². The number of anilines is 1. The van der Waals surface area contributed by atoms with Gasteiger partial charge in [0.25, 0.3) is 0 Å². The summed E-state index contributed by atoms with van der Waals surface area (Å²) in [6.07, 6.45) is 1.78. The Morgan fingerprint density at radius 1 is 1.06 bits per heavy atom. The average molecular weight is 480 g/mol. The summed E-state index contributed by atoms with van der Waals surface area (Å²) in [5, 5.41) is 15.8. The van der Waals surface area contributed by atoms with Crippen LogP contribution in [0.4, 0.5) is 10.5 Å². The van der Waals surface area contributed by atoms with Gasteiger partial charge in [-0.05, 0) is 42.3 Å². The fourth-order valence-electron chi connectivity index (χ4n) is 3.69. The average Bonchev–Trinajstić information content (AvgIpc) is 2.88. The van der Waals surface area contributed by atoms with Crippen LogP contribution in [-0.4, -0.2) is 34.5 Å². The molecule has 34 heavy (non-hydrogen) atoms. The molecule has 1 aliphatic heterocycles. The van der Waals surface area contributed by atoms with Crippen molar-refractivity contribution in [3.63, 3.8) is 0 Å². The van der Waals surface area contributed by atoms with E-state index in [2.05, 4.69) is 15.6 Å². The summed E-state index contributed by atoms with van der Waals surface area (Å²) in [5.74, 6) is 0.749. The summed E-state index contributed by atoms with van der Waals surface area (Å²) in [6.45, 7) is 2.44. The minimum atomic E-state index is -0.538. The molecule has 0 radical (unpaired) electrons. The Balaban J connectivity index is 1.49. The van der Waals surface area contributed by atoms with Gasteiger partial charge in [0.15, 0.2) is 6.29 Å². The number of hydrogen-bond donors (Lipinski definition) is 3. The highest BCUT2D eigenvalue weighted by molar-refractivity contribution is 7.99. The van der Waals surface area contributed by atoms with Gasteiger partial charge in [0.2, 0.25) is 0 Å². The number of urea groups is 1. The van der Waals surface area contributed by atoms with Gasteiger partial charge in [0, 0.05) is 36.2 Å². The Bertz CT molecular complexity index is 1050. The molecule has 2 amide bonds. The molecule has 0 unspecified atom stereocenters. The third-order valence-corrected chi connectivity index (χ3v) is 6.52. The van der Waals surface area contributed by atoms with Crippen molar-refractivity contribution in [1.82, 2.24) is 10.3 Å². The van der Waals surface area contributed by atoms with Crippen molar-refractivity contribution in [2.45, 2.75) is 43.5 Å². The second kappa shape index (κ2) is 12.0. The van der Waals surface area contributed by atoms with E-state index in [0.717, 1.165) is 27.5 Å². The fourth-order valence-corrected chi connectivity index (χ4v) is 4.57. The Labute approximate surface area is 203 Å². The van der Waals surface area contributed by atoms with Crippen LogP contribution >= 0.6 is 11.8 Å². The van der Waals surface area contributed by atoms with E-state index >= 15 is 0 Å². The molecular formula is C26H29N3O4S. The van der Waals surface area contributed by atoms with E-state index in [9.17, 15) is 9.90 Å². The number of amides is 2. The minimum Gasteiger partial charge on any atom is -0.392 e. The van der Waals surface area contributed by atoms with Crippen molar-refractivity contribution in [1.29, 1.82) is 0 Å². The largest absolute Gasteiger partial charge is 0.392 e. The van der Waals surface area contributed by atoms with Crippen LogP contribution in [-0.2, 0) is 16.1 Å². The highest BCUT2D eigenvalue weighted by Gasteiger charge is 2.32. The lowest BCUT2D eigenvalue weighted by Gasteiger charge is -2.36. The first-order valence-corrected chi connectivity index (χ1v) is 12.3. The standard InChI is InChI=1S/C26H29N3O4S/c1-2-27-26(31)29-21-12-10-20(11-13-21)25-32-22(17-34-24-5-3-4-14-28-24)15-23(33-25)19-8-6-18(16-30)7-9-19/h3-14,22-23,25,30H,2,15-17H2,1H3,(H2,27,29,31)/t22-,23+,25+/m1/s1. The molecule has 8 heteroatoms. The van der Waals surface area contributed by atoms with Crippen molar-refractivity contribution in [2.24, 2.45) is 0 Å². The molecule has 178 valence electrons. The van der Waals surface area contributed by atoms with E-state index in [4.69, 9.17) is 9.47 Å². The van der Waals surface area contributed by atoms with Crippen molar-refractivity contribution in [2.75, 3.05) is 17.6 Å². The molecular weight excluding hydrogens is 450 g/mol. The molecule has 2 heterocycles. The first-order valence-electron chi connectivity index (χ1n) is 11.3. The molecule has 3 aromatic rings. The number of nitrogens with one attached hydrogen (secondary N) is 2. The number of ether oxygens (including phenoxy) is 2. The summed E-state index contributed by atoms with van der Waals surface area (Å²) in [5.41, 5.74) is 3.49.